The molecular formula is C20H14N4O5. The lowest BCUT2D eigenvalue weighted by molar-refractivity contribution is 0.0692. The average Bonchev–Trinajstić information content (AvgIpc) is 3.04. The van der Waals surface area contributed by atoms with Gasteiger partial charge in [0.05, 0.1) is 16.8 Å². The smallest absolute Gasteiger partial charge is 0.336 e. The van der Waals surface area contributed by atoms with Crippen LogP contribution in [0.1, 0.15) is 20.7 Å². The van der Waals surface area contributed by atoms with E-state index in [0.29, 0.717) is 11.3 Å². The van der Waals surface area contributed by atoms with Crippen molar-refractivity contribution in [3.05, 3.63) is 92.5 Å². The molecule has 0 aliphatic carbocycles. The summed E-state index contributed by atoms with van der Waals surface area (Å²) in [6, 6.07) is 15.9. The fourth-order valence-electron chi connectivity index (χ4n) is 3.01. The molecule has 2 aromatic heterocycles. The Morgan fingerprint density at radius 3 is 2.28 bits per heavy atom. The molecule has 144 valence electrons. The zero-order valence-electron chi connectivity index (χ0n) is 14.8. The first-order valence-electron chi connectivity index (χ1n) is 8.53. The quantitative estimate of drug-likeness (QED) is 0.422. The minimum Gasteiger partial charge on any atom is -0.478 e. The predicted octanol–water partition coefficient (Wildman–Crippen LogP) is 1.93. The highest BCUT2D eigenvalue weighted by Gasteiger charge is 2.20. The zero-order valence-corrected chi connectivity index (χ0v) is 14.8. The summed E-state index contributed by atoms with van der Waals surface area (Å²) in [6.07, 6.45) is 0. The van der Waals surface area contributed by atoms with Crippen molar-refractivity contribution >= 4 is 23.2 Å². The number of carbonyl (C=O) groups excluding carboxylic acids is 1. The van der Waals surface area contributed by atoms with Crippen molar-refractivity contribution in [1.82, 2.24) is 14.6 Å². The van der Waals surface area contributed by atoms with Crippen molar-refractivity contribution in [2.75, 3.05) is 5.32 Å². The third kappa shape index (κ3) is 3.21. The van der Waals surface area contributed by atoms with Crippen molar-refractivity contribution < 1.29 is 14.7 Å². The second-order valence-electron chi connectivity index (χ2n) is 6.19. The number of benzene rings is 2. The number of carboxylic acids is 1. The summed E-state index contributed by atoms with van der Waals surface area (Å²) in [4.78, 5) is 51.7. The first kappa shape index (κ1) is 18.0. The van der Waals surface area contributed by atoms with Gasteiger partial charge in [0.15, 0.2) is 11.3 Å². The summed E-state index contributed by atoms with van der Waals surface area (Å²) in [5.74, 6) is -2.06. The Morgan fingerprint density at radius 1 is 0.931 bits per heavy atom. The summed E-state index contributed by atoms with van der Waals surface area (Å²) in [5.41, 5.74) is -0.479. The molecule has 1 amide bonds. The maximum atomic E-state index is 12.6. The molecule has 0 aliphatic heterocycles. The summed E-state index contributed by atoms with van der Waals surface area (Å²) in [7, 11) is 0. The second-order valence-corrected chi connectivity index (χ2v) is 6.19. The lowest BCUT2D eigenvalue weighted by atomic mass is 10.1. The molecule has 0 saturated carbocycles. The summed E-state index contributed by atoms with van der Waals surface area (Å²) in [6.45, 7) is 0. The molecule has 0 spiro atoms. The van der Waals surface area contributed by atoms with E-state index in [1.807, 2.05) is 6.07 Å². The molecule has 0 aliphatic rings. The lowest BCUT2D eigenvalue weighted by Crippen LogP contribution is -2.19. The van der Waals surface area contributed by atoms with E-state index in [1.54, 1.807) is 24.3 Å². The van der Waals surface area contributed by atoms with E-state index in [0.717, 1.165) is 4.52 Å². The number of aromatic carboxylic acids is 1. The van der Waals surface area contributed by atoms with Gasteiger partial charge in [-0.15, -0.1) is 0 Å². The van der Waals surface area contributed by atoms with Crippen molar-refractivity contribution in [3.63, 3.8) is 0 Å². The molecule has 2 heterocycles. The monoisotopic (exact) mass is 390 g/mol. The van der Waals surface area contributed by atoms with Crippen LogP contribution in [0, 0.1) is 0 Å². The van der Waals surface area contributed by atoms with Crippen LogP contribution >= 0.6 is 0 Å². The number of amides is 1. The van der Waals surface area contributed by atoms with Gasteiger partial charge in [0.25, 0.3) is 17.0 Å². The van der Waals surface area contributed by atoms with Crippen molar-refractivity contribution in [2.24, 2.45) is 0 Å². The Kier molecular flexibility index (Phi) is 4.32. The number of hydrogen-bond donors (Lipinski definition) is 4. The van der Waals surface area contributed by atoms with E-state index >= 15 is 0 Å². The van der Waals surface area contributed by atoms with E-state index in [4.69, 9.17) is 0 Å². The number of rotatable bonds is 4. The van der Waals surface area contributed by atoms with Crippen LogP contribution in [0.2, 0.25) is 0 Å². The Balaban J connectivity index is 1.82. The van der Waals surface area contributed by atoms with Crippen LogP contribution < -0.4 is 16.4 Å². The molecule has 0 bridgehead atoms. The molecular weight excluding hydrogens is 376 g/mol. The first-order valence-corrected chi connectivity index (χ1v) is 8.53. The minimum absolute atomic E-state index is 0.0579. The highest BCUT2D eigenvalue weighted by Crippen LogP contribution is 2.18. The molecule has 0 fully saturated rings. The zero-order chi connectivity index (χ0) is 20.5. The Labute approximate surface area is 162 Å². The SMILES string of the molecule is O=C(O)c1ccccc1C(=O)Nc1c(=O)[nH]n2c(=O)cc(-c3ccccc3)[nH]c12. The van der Waals surface area contributed by atoms with Gasteiger partial charge >= 0.3 is 5.97 Å². The molecule has 2 aromatic carbocycles. The average molecular weight is 390 g/mol. The predicted molar refractivity (Wildman–Crippen MR) is 105 cm³/mol. The third-order valence-corrected chi connectivity index (χ3v) is 4.37. The normalized spacial score (nSPS) is 10.8. The van der Waals surface area contributed by atoms with Gasteiger partial charge < -0.3 is 15.4 Å². The standard InChI is InChI=1S/C20H14N4O5/c25-15-10-14(11-6-2-1-3-7-11)21-17-16(19(27)23-24(15)17)22-18(26)12-8-4-5-9-13(12)20(28)29/h1-10,21H,(H,22,26)(H,23,27)(H,28,29). The van der Waals surface area contributed by atoms with Crippen LogP contribution in [0.5, 0.6) is 0 Å². The summed E-state index contributed by atoms with van der Waals surface area (Å²) in [5, 5.41) is 14.0. The summed E-state index contributed by atoms with van der Waals surface area (Å²) < 4.78 is 0.980. The van der Waals surface area contributed by atoms with Gasteiger partial charge in [-0.25, -0.2) is 4.79 Å². The van der Waals surface area contributed by atoms with E-state index in [9.17, 15) is 24.3 Å². The maximum Gasteiger partial charge on any atom is 0.336 e. The van der Waals surface area contributed by atoms with E-state index < -0.39 is 23.0 Å². The van der Waals surface area contributed by atoms with Gasteiger partial charge in [0.2, 0.25) is 0 Å². The summed E-state index contributed by atoms with van der Waals surface area (Å²) >= 11 is 0. The Hall–Kier alpha value is -4.40. The molecule has 9 heteroatoms. The number of nitrogens with one attached hydrogen (secondary N) is 3. The Morgan fingerprint density at radius 2 is 1.59 bits per heavy atom. The fourth-order valence-corrected chi connectivity index (χ4v) is 3.01. The lowest BCUT2D eigenvalue weighted by Gasteiger charge is -2.07. The van der Waals surface area contributed by atoms with Crippen LogP contribution in [-0.2, 0) is 0 Å². The number of anilines is 1. The van der Waals surface area contributed by atoms with Gasteiger partial charge in [-0.1, -0.05) is 42.5 Å². The van der Waals surface area contributed by atoms with Gasteiger partial charge in [-0.05, 0) is 17.7 Å². The number of aromatic nitrogens is 3. The topological polar surface area (TPSA) is 137 Å². The van der Waals surface area contributed by atoms with Crippen LogP contribution in [0.4, 0.5) is 5.69 Å². The third-order valence-electron chi connectivity index (χ3n) is 4.37. The molecule has 0 atom stereocenters. The van der Waals surface area contributed by atoms with Crippen LogP contribution in [0.15, 0.2) is 70.3 Å². The molecule has 0 unspecified atom stereocenters. The van der Waals surface area contributed by atoms with Crippen LogP contribution in [0.25, 0.3) is 16.9 Å². The highest BCUT2D eigenvalue weighted by molar-refractivity contribution is 6.11. The molecule has 4 rings (SSSR count). The van der Waals surface area contributed by atoms with Gasteiger partial charge in [0.1, 0.15) is 0 Å². The molecule has 4 aromatic rings. The first-order chi connectivity index (χ1) is 14.0. The molecule has 9 nitrogen and oxygen atoms in total. The van der Waals surface area contributed by atoms with Crippen molar-refractivity contribution in [1.29, 1.82) is 0 Å². The van der Waals surface area contributed by atoms with E-state index in [-0.39, 0.29) is 22.5 Å². The number of H-pyrrole nitrogens is 2. The maximum absolute atomic E-state index is 12.6. The molecule has 0 radical (unpaired) electrons. The van der Waals surface area contributed by atoms with Crippen molar-refractivity contribution in [2.45, 2.75) is 0 Å². The van der Waals surface area contributed by atoms with Crippen LogP contribution in [0.3, 0.4) is 0 Å². The fraction of sp³-hybridized carbons (Fsp3) is 0. The number of fused-ring (bicyclic) bond motifs is 1. The van der Waals surface area contributed by atoms with E-state index in [2.05, 4.69) is 15.4 Å². The van der Waals surface area contributed by atoms with E-state index in [1.165, 1.54) is 30.3 Å². The number of carbonyl (C=O) groups is 2. The Bertz CT molecular complexity index is 1370. The molecule has 0 saturated heterocycles. The number of nitrogens with zero attached hydrogens (tertiary/aromatic N) is 1. The molecule has 29 heavy (non-hydrogen) atoms. The largest absolute Gasteiger partial charge is 0.478 e. The number of aromatic amines is 2. The van der Waals surface area contributed by atoms with Crippen molar-refractivity contribution in [3.8, 4) is 11.3 Å². The van der Waals surface area contributed by atoms with Crippen LogP contribution in [-0.4, -0.2) is 31.6 Å². The second kappa shape index (κ2) is 6.97. The van der Waals surface area contributed by atoms with Gasteiger partial charge in [-0.3, -0.25) is 19.5 Å². The van der Waals surface area contributed by atoms with Gasteiger partial charge in [0, 0.05) is 6.07 Å². The van der Waals surface area contributed by atoms with Gasteiger partial charge in [-0.2, -0.15) is 4.52 Å². The number of hydrogen-bond acceptors (Lipinski definition) is 4. The molecule has 4 N–H and O–H groups in total. The highest BCUT2D eigenvalue weighted by atomic mass is 16.4. The number of carboxylic acid groups (broad SMARTS) is 1. The minimum atomic E-state index is -1.27.